The van der Waals surface area contributed by atoms with Crippen LogP contribution < -0.4 is 11.2 Å². The van der Waals surface area contributed by atoms with E-state index < -0.39 is 16.2 Å². The van der Waals surface area contributed by atoms with Crippen molar-refractivity contribution in [2.75, 3.05) is 0 Å². The maximum absolute atomic E-state index is 12.4. The minimum absolute atomic E-state index is 0.105. The number of hydrogen-bond acceptors (Lipinski definition) is 4. The molecule has 0 saturated heterocycles. The molecule has 0 saturated carbocycles. The van der Waals surface area contributed by atoms with Gasteiger partial charge in [-0.1, -0.05) is 30.3 Å². The van der Waals surface area contributed by atoms with Crippen LogP contribution in [0.5, 0.6) is 0 Å². The van der Waals surface area contributed by atoms with Crippen LogP contribution in [-0.4, -0.2) is 14.5 Å². The van der Waals surface area contributed by atoms with E-state index in [1.807, 2.05) is 6.07 Å². The van der Waals surface area contributed by atoms with Crippen molar-refractivity contribution in [2.24, 2.45) is 0 Å². The lowest BCUT2D eigenvalue weighted by atomic mass is 10.2. The Hall–Kier alpha value is -3.22. The molecule has 0 fully saturated rings. The standard InChI is InChI=1S/C15H11N3O4/c19-14-12-8-11(18(21)22)6-7-13(12)16-15(20)17(14)9-10-4-2-1-3-5-10/h1-8H,9H2,(H,16,20). The van der Waals surface area contributed by atoms with Gasteiger partial charge in [0.25, 0.3) is 11.2 Å². The molecule has 1 heterocycles. The number of rotatable bonds is 3. The highest BCUT2D eigenvalue weighted by atomic mass is 16.6. The molecule has 1 aromatic heterocycles. The van der Waals surface area contributed by atoms with Crippen molar-refractivity contribution < 1.29 is 4.92 Å². The number of nitrogens with zero attached hydrogens (tertiary/aromatic N) is 2. The summed E-state index contributed by atoms with van der Waals surface area (Å²) in [5, 5.41) is 10.9. The summed E-state index contributed by atoms with van der Waals surface area (Å²) in [4.78, 5) is 37.3. The third kappa shape index (κ3) is 2.39. The summed E-state index contributed by atoms with van der Waals surface area (Å²) in [5.41, 5.74) is -0.214. The van der Waals surface area contributed by atoms with Gasteiger partial charge in [0, 0.05) is 12.1 Å². The van der Waals surface area contributed by atoms with Gasteiger partial charge in [0.1, 0.15) is 0 Å². The van der Waals surface area contributed by atoms with Crippen molar-refractivity contribution in [1.82, 2.24) is 9.55 Å². The first-order chi connectivity index (χ1) is 10.6. The van der Waals surface area contributed by atoms with Gasteiger partial charge in [0.05, 0.1) is 22.4 Å². The average molecular weight is 297 g/mol. The fourth-order valence-electron chi connectivity index (χ4n) is 2.26. The van der Waals surface area contributed by atoms with E-state index in [0.717, 1.165) is 10.1 Å². The molecule has 0 bridgehead atoms. The molecule has 7 heteroatoms. The Morgan fingerprint density at radius 3 is 2.50 bits per heavy atom. The van der Waals surface area contributed by atoms with Gasteiger partial charge in [-0.2, -0.15) is 0 Å². The molecule has 0 radical (unpaired) electrons. The van der Waals surface area contributed by atoms with Gasteiger partial charge in [-0.15, -0.1) is 0 Å². The summed E-state index contributed by atoms with van der Waals surface area (Å²) in [7, 11) is 0. The van der Waals surface area contributed by atoms with Gasteiger partial charge < -0.3 is 4.98 Å². The van der Waals surface area contributed by atoms with Gasteiger partial charge in [0.2, 0.25) is 0 Å². The minimum atomic E-state index is -0.578. The van der Waals surface area contributed by atoms with E-state index in [9.17, 15) is 19.7 Å². The summed E-state index contributed by atoms with van der Waals surface area (Å²) >= 11 is 0. The van der Waals surface area contributed by atoms with E-state index in [4.69, 9.17) is 0 Å². The Labute approximate surface area is 123 Å². The molecule has 0 aliphatic carbocycles. The third-order valence-corrected chi connectivity index (χ3v) is 3.36. The molecule has 3 aromatic rings. The van der Waals surface area contributed by atoms with Crippen molar-refractivity contribution in [1.29, 1.82) is 0 Å². The number of aromatic amines is 1. The highest BCUT2D eigenvalue weighted by molar-refractivity contribution is 5.79. The summed E-state index contributed by atoms with van der Waals surface area (Å²) in [6, 6.07) is 12.8. The second-order valence-corrected chi connectivity index (χ2v) is 4.79. The summed E-state index contributed by atoms with van der Waals surface area (Å²) in [6.45, 7) is 0.105. The molecule has 0 spiro atoms. The van der Waals surface area contributed by atoms with E-state index in [-0.39, 0.29) is 23.1 Å². The number of nitrogens with one attached hydrogen (secondary N) is 1. The van der Waals surface area contributed by atoms with Crippen LogP contribution in [0, 0.1) is 10.1 Å². The lowest BCUT2D eigenvalue weighted by molar-refractivity contribution is -0.384. The maximum atomic E-state index is 12.4. The molecule has 110 valence electrons. The van der Waals surface area contributed by atoms with Crippen LogP contribution >= 0.6 is 0 Å². The number of aromatic nitrogens is 2. The highest BCUT2D eigenvalue weighted by Gasteiger charge is 2.12. The van der Waals surface area contributed by atoms with E-state index in [1.165, 1.54) is 18.2 Å². The summed E-state index contributed by atoms with van der Waals surface area (Å²) in [6.07, 6.45) is 0. The number of fused-ring (bicyclic) bond motifs is 1. The molecule has 0 aliphatic heterocycles. The second kappa shape index (κ2) is 5.28. The molecule has 0 unspecified atom stereocenters. The zero-order valence-corrected chi connectivity index (χ0v) is 11.4. The van der Waals surface area contributed by atoms with E-state index >= 15 is 0 Å². The van der Waals surface area contributed by atoms with E-state index in [1.54, 1.807) is 24.3 Å². The van der Waals surface area contributed by atoms with Crippen molar-refractivity contribution in [3.05, 3.63) is 85.0 Å². The largest absolute Gasteiger partial charge is 0.329 e. The number of H-pyrrole nitrogens is 1. The van der Waals surface area contributed by atoms with Gasteiger partial charge in [-0.25, -0.2) is 4.79 Å². The summed E-state index contributed by atoms with van der Waals surface area (Å²) < 4.78 is 1.03. The van der Waals surface area contributed by atoms with Crippen LogP contribution in [0.3, 0.4) is 0 Å². The lowest BCUT2D eigenvalue weighted by Crippen LogP contribution is -2.35. The van der Waals surface area contributed by atoms with Gasteiger partial charge in [-0.3, -0.25) is 19.5 Å². The van der Waals surface area contributed by atoms with Gasteiger partial charge >= 0.3 is 5.69 Å². The zero-order chi connectivity index (χ0) is 15.7. The predicted octanol–water partition coefficient (Wildman–Crippen LogP) is 1.65. The zero-order valence-electron chi connectivity index (χ0n) is 11.4. The van der Waals surface area contributed by atoms with E-state index in [2.05, 4.69) is 4.98 Å². The molecule has 0 amide bonds. The molecule has 0 aliphatic rings. The first-order valence-corrected chi connectivity index (χ1v) is 6.51. The Balaban J connectivity index is 2.20. The average Bonchev–Trinajstić information content (AvgIpc) is 2.52. The molecule has 2 aromatic carbocycles. The van der Waals surface area contributed by atoms with Crippen LogP contribution in [-0.2, 0) is 6.54 Å². The normalized spacial score (nSPS) is 10.7. The molecule has 22 heavy (non-hydrogen) atoms. The lowest BCUT2D eigenvalue weighted by Gasteiger charge is -2.06. The second-order valence-electron chi connectivity index (χ2n) is 4.79. The summed E-state index contributed by atoms with van der Waals surface area (Å²) in [5.74, 6) is 0. The fourth-order valence-corrected chi connectivity index (χ4v) is 2.26. The minimum Gasteiger partial charge on any atom is -0.307 e. The Kier molecular flexibility index (Phi) is 3.30. The smallest absolute Gasteiger partial charge is 0.307 e. The number of nitro benzene ring substituents is 1. The number of nitro groups is 1. The van der Waals surface area contributed by atoms with Crippen molar-refractivity contribution in [3.8, 4) is 0 Å². The Bertz CT molecular complexity index is 973. The number of benzene rings is 2. The van der Waals surface area contributed by atoms with E-state index in [0.29, 0.717) is 0 Å². The molecule has 0 atom stereocenters. The first kappa shape index (κ1) is 13.7. The van der Waals surface area contributed by atoms with Crippen LogP contribution in [0.2, 0.25) is 0 Å². The monoisotopic (exact) mass is 297 g/mol. The van der Waals surface area contributed by atoms with Crippen LogP contribution in [0.4, 0.5) is 5.69 Å². The van der Waals surface area contributed by atoms with Crippen LogP contribution in [0.15, 0.2) is 58.1 Å². The Morgan fingerprint density at radius 1 is 1.09 bits per heavy atom. The van der Waals surface area contributed by atoms with Gasteiger partial charge in [0.15, 0.2) is 0 Å². The molecule has 7 nitrogen and oxygen atoms in total. The van der Waals surface area contributed by atoms with Crippen LogP contribution in [0.25, 0.3) is 10.9 Å². The fraction of sp³-hybridized carbons (Fsp3) is 0.0667. The topological polar surface area (TPSA) is 98.0 Å². The van der Waals surface area contributed by atoms with Crippen LogP contribution in [0.1, 0.15) is 5.56 Å². The molecule has 3 rings (SSSR count). The predicted molar refractivity (Wildman–Crippen MR) is 81.0 cm³/mol. The highest BCUT2D eigenvalue weighted by Crippen LogP contribution is 2.15. The SMILES string of the molecule is O=c1[nH]c2ccc([N+](=O)[O-])cc2c(=O)n1Cc1ccccc1. The van der Waals surface area contributed by atoms with Gasteiger partial charge in [-0.05, 0) is 11.6 Å². The Morgan fingerprint density at radius 2 is 1.82 bits per heavy atom. The maximum Gasteiger partial charge on any atom is 0.329 e. The molecular formula is C15H11N3O4. The van der Waals surface area contributed by atoms with Crippen molar-refractivity contribution in [2.45, 2.75) is 6.54 Å². The molecule has 1 N–H and O–H groups in total. The van der Waals surface area contributed by atoms with Crippen molar-refractivity contribution in [3.63, 3.8) is 0 Å². The third-order valence-electron chi connectivity index (χ3n) is 3.36. The first-order valence-electron chi connectivity index (χ1n) is 6.51. The quantitative estimate of drug-likeness (QED) is 0.587. The van der Waals surface area contributed by atoms with Crippen molar-refractivity contribution >= 4 is 16.6 Å². The number of hydrogen-bond donors (Lipinski definition) is 1. The number of non-ortho nitro benzene ring substituents is 1. The molecular weight excluding hydrogens is 286 g/mol.